The molecule has 1 heterocycles. The number of carbonyl (C=O) groups excluding carboxylic acids is 1. The van der Waals surface area contributed by atoms with Crippen molar-refractivity contribution in [3.63, 3.8) is 0 Å². The van der Waals surface area contributed by atoms with Crippen LogP contribution in [0.5, 0.6) is 5.75 Å². The van der Waals surface area contributed by atoms with Crippen molar-refractivity contribution in [2.24, 2.45) is 5.73 Å². The fourth-order valence-corrected chi connectivity index (χ4v) is 2.90. The summed E-state index contributed by atoms with van der Waals surface area (Å²) in [7, 11) is 1.55. The van der Waals surface area contributed by atoms with E-state index in [1.807, 2.05) is 0 Å². The Hall–Kier alpha value is -2.95. The average Bonchev–Trinajstić information content (AvgIpc) is 3.16. The highest BCUT2D eigenvalue weighted by Crippen LogP contribution is 2.31. The van der Waals surface area contributed by atoms with Crippen LogP contribution in [-0.2, 0) is 11.3 Å². The monoisotopic (exact) mass is 451 g/mol. The number of amides is 1. The van der Waals surface area contributed by atoms with E-state index in [4.69, 9.17) is 45.9 Å². The normalized spacial score (nSPS) is 10.4. The molecule has 0 fully saturated rings. The van der Waals surface area contributed by atoms with E-state index in [9.17, 15) is 4.79 Å². The molecule has 0 aliphatic heterocycles. The van der Waals surface area contributed by atoms with Crippen LogP contribution >= 0.6 is 35.4 Å². The summed E-state index contributed by atoms with van der Waals surface area (Å²) in [5, 5.41) is 13.8. The molecular formula is C17H15Cl2N7O2S. The fourth-order valence-electron chi connectivity index (χ4n) is 2.36. The lowest BCUT2D eigenvalue weighted by molar-refractivity contribution is -0.122. The third-order valence-electron chi connectivity index (χ3n) is 3.72. The van der Waals surface area contributed by atoms with Crippen molar-refractivity contribution in [1.29, 1.82) is 0 Å². The molecule has 0 aliphatic carbocycles. The highest BCUT2D eigenvalue weighted by molar-refractivity contribution is 7.80. The number of halogens is 2. The van der Waals surface area contributed by atoms with Gasteiger partial charge in [-0.2, -0.15) is 4.80 Å². The van der Waals surface area contributed by atoms with Gasteiger partial charge in [0.15, 0.2) is 5.11 Å². The summed E-state index contributed by atoms with van der Waals surface area (Å²) in [6.45, 7) is -0.222. The minimum atomic E-state index is -0.463. The first-order valence-electron chi connectivity index (χ1n) is 8.14. The number of nitrogens with two attached hydrogens (primary N) is 1. The van der Waals surface area contributed by atoms with Crippen molar-refractivity contribution >= 4 is 52.1 Å². The van der Waals surface area contributed by atoms with Crippen molar-refractivity contribution in [3.8, 4) is 17.1 Å². The van der Waals surface area contributed by atoms with Crippen molar-refractivity contribution in [1.82, 2.24) is 25.6 Å². The molecule has 3 N–H and O–H groups in total. The second kappa shape index (κ2) is 9.03. The zero-order valence-electron chi connectivity index (χ0n) is 15.0. The van der Waals surface area contributed by atoms with Gasteiger partial charge in [0, 0.05) is 5.56 Å². The lowest BCUT2D eigenvalue weighted by Crippen LogP contribution is -2.50. The maximum atomic E-state index is 12.4. The van der Waals surface area contributed by atoms with Crippen molar-refractivity contribution in [2.45, 2.75) is 6.54 Å². The van der Waals surface area contributed by atoms with Crippen LogP contribution in [0.25, 0.3) is 11.4 Å². The zero-order valence-corrected chi connectivity index (χ0v) is 17.4. The van der Waals surface area contributed by atoms with Gasteiger partial charge in [0.25, 0.3) is 5.91 Å². The predicted octanol–water partition coefficient (Wildman–Crippen LogP) is 2.44. The van der Waals surface area contributed by atoms with Crippen LogP contribution in [0.1, 0.15) is 0 Å². The van der Waals surface area contributed by atoms with E-state index in [2.05, 4.69) is 20.8 Å². The van der Waals surface area contributed by atoms with Gasteiger partial charge in [-0.25, -0.2) is 5.01 Å². The molecule has 150 valence electrons. The quantitative estimate of drug-likeness (QED) is 0.449. The van der Waals surface area contributed by atoms with E-state index in [1.165, 1.54) is 5.01 Å². The number of methoxy groups -OCH3 is 1. The molecule has 0 saturated heterocycles. The Kier molecular flexibility index (Phi) is 6.47. The number of nitrogens with zero attached hydrogens (tertiary/aromatic N) is 5. The number of aromatic nitrogens is 4. The molecule has 0 atom stereocenters. The molecule has 3 aromatic rings. The van der Waals surface area contributed by atoms with Crippen LogP contribution in [0.3, 0.4) is 0 Å². The smallest absolute Gasteiger partial charge is 0.262 e. The summed E-state index contributed by atoms with van der Waals surface area (Å²) in [5.41, 5.74) is 9.39. The summed E-state index contributed by atoms with van der Waals surface area (Å²) in [6.07, 6.45) is 0. The summed E-state index contributed by atoms with van der Waals surface area (Å²) in [5.74, 6) is 0.434. The van der Waals surface area contributed by atoms with Gasteiger partial charge in [-0.3, -0.25) is 10.2 Å². The van der Waals surface area contributed by atoms with Crippen LogP contribution < -0.4 is 20.9 Å². The number of ether oxygens (including phenoxy) is 1. The molecule has 1 aromatic heterocycles. The number of carbonyl (C=O) groups is 1. The van der Waals surface area contributed by atoms with E-state index < -0.39 is 5.91 Å². The maximum absolute atomic E-state index is 12.4. The molecule has 3 rings (SSSR count). The lowest BCUT2D eigenvalue weighted by Gasteiger charge is -2.23. The number of nitrogens with one attached hydrogen (secondary N) is 1. The van der Waals surface area contributed by atoms with Crippen LogP contribution in [0.2, 0.25) is 10.0 Å². The highest BCUT2D eigenvalue weighted by atomic mass is 35.5. The standard InChI is InChI=1S/C17H15Cl2N7O2S/c1-28-11-7-5-10(6-8-11)26(17(20)29)22-14(27)9-25-23-16(21-24-25)12-3-2-4-13(18)15(12)19/h2-8H,9H2,1H3,(H2,20,29)(H,22,27). The van der Waals surface area contributed by atoms with Gasteiger partial charge in [-0.1, -0.05) is 29.3 Å². The van der Waals surface area contributed by atoms with Crippen LogP contribution in [0.15, 0.2) is 42.5 Å². The molecule has 0 aliphatic rings. The van der Waals surface area contributed by atoms with Crippen molar-refractivity contribution in [2.75, 3.05) is 12.1 Å². The first-order valence-corrected chi connectivity index (χ1v) is 9.30. The van der Waals surface area contributed by atoms with E-state index >= 15 is 0 Å². The van der Waals surface area contributed by atoms with Crippen LogP contribution in [-0.4, -0.2) is 38.3 Å². The molecule has 0 bridgehead atoms. The number of thiocarbonyl (C=S) groups is 1. The van der Waals surface area contributed by atoms with E-state index in [-0.39, 0.29) is 17.5 Å². The molecule has 9 nitrogen and oxygen atoms in total. The molecule has 0 spiro atoms. The van der Waals surface area contributed by atoms with Crippen LogP contribution in [0, 0.1) is 0 Å². The largest absolute Gasteiger partial charge is 0.497 e. The Bertz CT molecular complexity index is 1040. The number of hydrogen-bond acceptors (Lipinski definition) is 6. The van der Waals surface area contributed by atoms with Gasteiger partial charge < -0.3 is 10.5 Å². The fraction of sp³-hybridized carbons (Fsp3) is 0.118. The third-order valence-corrected chi connectivity index (χ3v) is 4.72. The topological polar surface area (TPSA) is 111 Å². The maximum Gasteiger partial charge on any atom is 0.262 e. The molecule has 0 saturated carbocycles. The number of anilines is 1. The molecular weight excluding hydrogens is 437 g/mol. The number of tetrazole rings is 1. The van der Waals surface area contributed by atoms with Crippen molar-refractivity contribution < 1.29 is 9.53 Å². The first kappa shape index (κ1) is 20.8. The minimum absolute atomic E-state index is 0.0403. The zero-order chi connectivity index (χ0) is 21.0. The van der Waals surface area contributed by atoms with Gasteiger partial charge in [0.2, 0.25) is 5.82 Å². The Balaban J connectivity index is 1.71. The molecule has 0 radical (unpaired) electrons. The SMILES string of the molecule is COc1ccc(N(NC(=O)Cn2nnc(-c3cccc(Cl)c3Cl)n2)C(N)=S)cc1. The summed E-state index contributed by atoms with van der Waals surface area (Å²) in [4.78, 5) is 13.5. The first-order chi connectivity index (χ1) is 13.9. The van der Waals surface area contributed by atoms with Gasteiger partial charge in [0.05, 0.1) is 22.8 Å². The number of benzene rings is 2. The highest BCUT2D eigenvalue weighted by Gasteiger charge is 2.17. The average molecular weight is 452 g/mol. The van der Waals surface area contributed by atoms with Gasteiger partial charge in [0.1, 0.15) is 12.3 Å². The Morgan fingerprint density at radius 3 is 2.66 bits per heavy atom. The van der Waals surface area contributed by atoms with Gasteiger partial charge in [-0.05, 0) is 53.8 Å². The van der Waals surface area contributed by atoms with Crippen molar-refractivity contribution in [3.05, 3.63) is 52.5 Å². The second-order valence-corrected chi connectivity index (χ2v) is 6.85. The lowest BCUT2D eigenvalue weighted by atomic mass is 10.2. The number of hydrogen-bond donors (Lipinski definition) is 2. The predicted molar refractivity (Wildman–Crippen MR) is 114 cm³/mol. The summed E-state index contributed by atoms with van der Waals surface area (Å²) < 4.78 is 5.11. The Labute approximate surface area is 181 Å². The molecule has 12 heteroatoms. The van der Waals surface area contributed by atoms with E-state index in [0.29, 0.717) is 27.0 Å². The molecule has 2 aromatic carbocycles. The molecule has 1 amide bonds. The summed E-state index contributed by atoms with van der Waals surface area (Å²) in [6, 6.07) is 11.9. The van der Waals surface area contributed by atoms with Gasteiger partial charge >= 0.3 is 0 Å². The van der Waals surface area contributed by atoms with E-state index in [0.717, 1.165) is 4.80 Å². The number of hydrazine groups is 1. The van der Waals surface area contributed by atoms with E-state index in [1.54, 1.807) is 49.6 Å². The van der Waals surface area contributed by atoms with Crippen LogP contribution in [0.4, 0.5) is 5.69 Å². The Morgan fingerprint density at radius 2 is 2.00 bits per heavy atom. The Morgan fingerprint density at radius 1 is 1.28 bits per heavy atom. The second-order valence-electron chi connectivity index (χ2n) is 5.65. The van der Waals surface area contributed by atoms with Gasteiger partial charge in [-0.15, -0.1) is 10.2 Å². The number of rotatable bonds is 5. The molecule has 0 unspecified atom stereocenters. The third kappa shape index (κ3) is 4.91. The molecule has 29 heavy (non-hydrogen) atoms. The minimum Gasteiger partial charge on any atom is -0.497 e. The summed E-state index contributed by atoms with van der Waals surface area (Å²) >= 11 is 17.2.